The number of halogens is 2. The average Bonchev–Trinajstić information content (AvgIpc) is 2.68. The summed E-state index contributed by atoms with van der Waals surface area (Å²) in [4.78, 5) is 1.17. The zero-order valence-corrected chi connectivity index (χ0v) is 10.8. The van der Waals surface area contributed by atoms with E-state index in [0.29, 0.717) is 0 Å². The van der Waals surface area contributed by atoms with E-state index in [0.717, 1.165) is 23.1 Å². The molecule has 0 unspecified atom stereocenters. The lowest BCUT2D eigenvalue weighted by Crippen LogP contribution is -2.11. The Balaban J connectivity index is 1.84. The summed E-state index contributed by atoms with van der Waals surface area (Å²) in [5.74, 6) is -0.200. The molecule has 2 aromatic rings. The largest absolute Gasteiger partial charge is 0.308 e. The van der Waals surface area contributed by atoms with Gasteiger partial charge >= 0.3 is 0 Å². The van der Waals surface area contributed by atoms with E-state index in [4.69, 9.17) is 0 Å². The number of nitrogens with zero attached hydrogens (tertiary/aromatic N) is 1. The van der Waals surface area contributed by atoms with Gasteiger partial charge in [0.2, 0.25) is 0 Å². The van der Waals surface area contributed by atoms with E-state index >= 15 is 0 Å². The molecule has 1 N–H and O–H groups in total. The highest BCUT2D eigenvalue weighted by molar-refractivity contribution is 9.10. The smallest absolute Gasteiger partial charge is 0.123 e. The Bertz CT molecular complexity index is 455. The normalized spacial score (nSPS) is 10.6. The van der Waals surface area contributed by atoms with Crippen LogP contribution in [0, 0.1) is 5.82 Å². The Labute approximate surface area is 106 Å². The van der Waals surface area contributed by atoms with Crippen LogP contribution in [0.5, 0.6) is 0 Å². The minimum atomic E-state index is -0.200. The van der Waals surface area contributed by atoms with Crippen LogP contribution in [-0.4, -0.2) is 4.37 Å². The minimum Gasteiger partial charge on any atom is -0.308 e. The number of hydrogen-bond acceptors (Lipinski definition) is 3. The Morgan fingerprint density at radius 2 is 2.00 bits per heavy atom. The van der Waals surface area contributed by atoms with E-state index in [-0.39, 0.29) is 5.82 Å². The Hall–Kier alpha value is -0.780. The number of benzene rings is 1. The lowest BCUT2D eigenvalue weighted by Gasteiger charge is -2.03. The van der Waals surface area contributed by atoms with Gasteiger partial charge < -0.3 is 5.32 Å². The lowest BCUT2D eigenvalue weighted by atomic mass is 10.2. The molecule has 0 spiro atoms. The van der Waals surface area contributed by atoms with E-state index in [1.54, 1.807) is 18.3 Å². The molecule has 0 saturated heterocycles. The van der Waals surface area contributed by atoms with E-state index in [1.807, 2.05) is 0 Å². The van der Waals surface area contributed by atoms with E-state index < -0.39 is 0 Å². The number of aromatic nitrogens is 1. The third kappa shape index (κ3) is 3.10. The Kier molecular flexibility index (Phi) is 4.04. The minimum absolute atomic E-state index is 0.200. The van der Waals surface area contributed by atoms with Crippen molar-refractivity contribution in [3.63, 3.8) is 0 Å². The number of rotatable bonds is 4. The highest BCUT2D eigenvalue weighted by Gasteiger charge is 2.01. The molecule has 5 heteroatoms. The maximum Gasteiger partial charge on any atom is 0.123 e. The van der Waals surface area contributed by atoms with Crippen LogP contribution in [0.4, 0.5) is 4.39 Å². The van der Waals surface area contributed by atoms with Crippen LogP contribution >= 0.6 is 27.5 Å². The van der Waals surface area contributed by atoms with Gasteiger partial charge in [0, 0.05) is 13.1 Å². The van der Waals surface area contributed by atoms with Crippen molar-refractivity contribution in [3.8, 4) is 0 Å². The highest BCUT2D eigenvalue weighted by atomic mass is 79.9. The first-order valence-corrected chi connectivity index (χ1v) is 6.36. The molecule has 16 heavy (non-hydrogen) atoms. The number of hydrogen-bond donors (Lipinski definition) is 1. The summed E-state index contributed by atoms with van der Waals surface area (Å²) in [6.07, 6.45) is 1.79. The van der Waals surface area contributed by atoms with Crippen molar-refractivity contribution in [3.05, 3.63) is 51.2 Å². The Morgan fingerprint density at radius 3 is 2.62 bits per heavy atom. The molecule has 1 aromatic carbocycles. The van der Waals surface area contributed by atoms with Crippen molar-refractivity contribution < 1.29 is 4.39 Å². The first kappa shape index (κ1) is 11.7. The molecular weight excluding hydrogens is 291 g/mol. The molecule has 0 aliphatic rings. The van der Waals surface area contributed by atoms with Gasteiger partial charge in [-0.05, 0) is 45.2 Å². The maximum atomic E-state index is 12.7. The second-order valence-electron chi connectivity index (χ2n) is 3.33. The van der Waals surface area contributed by atoms with Gasteiger partial charge in [0.15, 0.2) is 0 Å². The predicted molar refractivity (Wildman–Crippen MR) is 66.8 cm³/mol. The summed E-state index contributed by atoms with van der Waals surface area (Å²) in [5.41, 5.74) is 1.07. The second-order valence-corrected chi connectivity index (χ2v) is 5.07. The van der Waals surface area contributed by atoms with Crippen LogP contribution in [0.15, 0.2) is 34.9 Å². The molecule has 84 valence electrons. The van der Waals surface area contributed by atoms with Crippen LogP contribution in [0.2, 0.25) is 0 Å². The van der Waals surface area contributed by atoms with Crippen LogP contribution < -0.4 is 5.32 Å². The van der Waals surface area contributed by atoms with Crippen LogP contribution in [0.3, 0.4) is 0 Å². The topological polar surface area (TPSA) is 24.9 Å². The van der Waals surface area contributed by atoms with Gasteiger partial charge in [-0.2, -0.15) is 4.37 Å². The van der Waals surface area contributed by atoms with Crippen molar-refractivity contribution in [2.75, 3.05) is 0 Å². The average molecular weight is 301 g/mol. The van der Waals surface area contributed by atoms with Gasteiger partial charge in [-0.3, -0.25) is 0 Å². The molecule has 0 atom stereocenters. The van der Waals surface area contributed by atoms with Crippen molar-refractivity contribution in [2.24, 2.45) is 0 Å². The van der Waals surface area contributed by atoms with Gasteiger partial charge in [0.1, 0.15) is 5.82 Å². The fourth-order valence-electron chi connectivity index (χ4n) is 1.29. The zero-order chi connectivity index (χ0) is 11.4. The van der Waals surface area contributed by atoms with Gasteiger partial charge in [0.25, 0.3) is 0 Å². The monoisotopic (exact) mass is 300 g/mol. The van der Waals surface area contributed by atoms with Crippen LogP contribution in [0.25, 0.3) is 0 Å². The fraction of sp³-hybridized carbons (Fsp3) is 0.182. The molecule has 1 heterocycles. The van der Waals surface area contributed by atoms with Crippen molar-refractivity contribution in [1.29, 1.82) is 0 Å². The van der Waals surface area contributed by atoms with E-state index in [9.17, 15) is 4.39 Å². The summed E-state index contributed by atoms with van der Waals surface area (Å²) in [5, 5.41) is 3.28. The van der Waals surface area contributed by atoms with E-state index in [2.05, 4.69) is 25.6 Å². The lowest BCUT2D eigenvalue weighted by molar-refractivity contribution is 0.625. The third-order valence-corrected chi connectivity index (χ3v) is 3.86. The van der Waals surface area contributed by atoms with Gasteiger partial charge in [-0.25, -0.2) is 4.39 Å². The quantitative estimate of drug-likeness (QED) is 0.937. The molecule has 0 radical (unpaired) electrons. The summed E-state index contributed by atoms with van der Waals surface area (Å²) in [7, 11) is 0. The third-order valence-electron chi connectivity index (χ3n) is 2.12. The molecule has 1 aromatic heterocycles. The van der Waals surface area contributed by atoms with E-state index in [1.165, 1.54) is 28.5 Å². The van der Waals surface area contributed by atoms with Gasteiger partial charge in [0.05, 0.1) is 15.5 Å². The first-order valence-electron chi connectivity index (χ1n) is 4.80. The first-order chi connectivity index (χ1) is 7.75. The summed E-state index contributed by atoms with van der Waals surface area (Å²) in [6, 6.07) is 6.51. The molecule has 0 fully saturated rings. The SMILES string of the molecule is Fc1ccc(CNCc2sncc2Br)cc1. The Morgan fingerprint density at radius 1 is 1.25 bits per heavy atom. The predicted octanol–water partition coefficient (Wildman–Crippen LogP) is 3.33. The molecular formula is C11H10BrFN2S. The fourth-order valence-corrected chi connectivity index (χ4v) is 2.48. The highest BCUT2D eigenvalue weighted by Crippen LogP contribution is 2.19. The second kappa shape index (κ2) is 5.52. The summed E-state index contributed by atoms with van der Waals surface area (Å²) < 4.78 is 17.7. The standard InChI is InChI=1S/C11H10BrFN2S/c12-10-6-15-16-11(10)7-14-5-8-1-3-9(13)4-2-8/h1-4,6,14H,5,7H2. The van der Waals surface area contributed by atoms with Gasteiger partial charge in [-0.15, -0.1) is 0 Å². The molecule has 2 nitrogen and oxygen atoms in total. The summed E-state index contributed by atoms with van der Waals surface area (Å²) in [6.45, 7) is 1.49. The van der Waals surface area contributed by atoms with Crippen LogP contribution in [0.1, 0.15) is 10.4 Å². The summed E-state index contributed by atoms with van der Waals surface area (Å²) >= 11 is 4.89. The molecule has 2 rings (SSSR count). The van der Waals surface area contributed by atoms with Crippen molar-refractivity contribution >= 4 is 27.5 Å². The maximum absolute atomic E-state index is 12.7. The zero-order valence-electron chi connectivity index (χ0n) is 8.41. The van der Waals surface area contributed by atoms with Crippen LogP contribution in [-0.2, 0) is 13.1 Å². The molecule has 0 aliphatic heterocycles. The number of nitrogens with one attached hydrogen (secondary N) is 1. The molecule has 0 saturated carbocycles. The van der Waals surface area contributed by atoms with Gasteiger partial charge in [-0.1, -0.05) is 12.1 Å². The molecule has 0 aliphatic carbocycles. The molecule has 0 bridgehead atoms. The van der Waals surface area contributed by atoms with Crippen molar-refractivity contribution in [1.82, 2.24) is 9.69 Å². The molecule has 0 amide bonds. The van der Waals surface area contributed by atoms with Crippen molar-refractivity contribution in [2.45, 2.75) is 13.1 Å².